The Morgan fingerprint density at radius 2 is 1.66 bits per heavy atom. The molecule has 10 rings (SSSR count). The second-order valence-corrected chi connectivity index (χ2v) is 17.2. The quantitative estimate of drug-likeness (QED) is 0.219. The Labute approximate surface area is 343 Å². The topological polar surface area (TPSA) is 115 Å². The number of halogens is 1. The van der Waals surface area contributed by atoms with E-state index in [0.29, 0.717) is 48.2 Å². The van der Waals surface area contributed by atoms with Crippen molar-refractivity contribution in [3.63, 3.8) is 0 Å². The van der Waals surface area contributed by atoms with Gasteiger partial charge in [-0.1, -0.05) is 42.5 Å². The van der Waals surface area contributed by atoms with Crippen molar-refractivity contribution in [1.29, 1.82) is 0 Å². The van der Waals surface area contributed by atoms with E-state index in [2.05, 4.69) is 56.4 Å². The van der Waals surface area contributed by atoms with Gasteiger partial charge >= 0.3 is 0 Å². The molecular formula is C47H50FN5O6. The first kappa shape index (κ1) is 37.6. The standard InChI is InChI=1S/C47H50FN5O6/c1-58-45-36(43-34(29-5-3-2-4-6-29)9-7-30-21-33(54)8-10-35(30)43)11-12-38(44(45)48)51-17-15-28(16-18-51)24-50-19-20-52-32(26-50)27-59-41-23-37-31(22-40(41)52)25-53(47(37)57)39-13-14-42(55)49-46(39)56/h2-6,8,10-12,21-23,28,32,34,39,43,54H,7,9,13-20,24-27H2,1H3,(H,49,55,56)/t32-,34+,39-,43-/m0/s1. The van der Waals surface area contributed by atoms with Gasteiger partial charge in [0.1, 0.15) is 24.1 Å². The Balaban J connectivity index is 0.792. The number of phenolic OH excluding ortho intramolecular Hbond substituents is 1. The average molecular weight is 800 g/mol. The van der Waals surface area contributed by atoms with E-state index in [1.165, 1.54) is 5.56 Å². The number of phenols is 1. The second kappa shape index (κ2) is 15.2. The summed E-state index contributed by atoms with van der Waals surface area (Å²) in [7, 11) is 1.57. The molecule has 0 unspecified atom stereocenters. The van der Waals surface area contributed by atoms with Crippen LogP contribution in [0.15, 0.2) is 72.8 Å². The van der Waals surface area contributed by atoms with Crippen molar-refractivity contribution in [1.82, 2.24) is 15.1 Å². The van der Waals surface area contributed by atoms with Crippen LogP contribution >= 0.6 is 0 Å². The summed E-state index contributed by atoms with van der Waals surface area (Å²) in [5.41, 5.74) is 7.30. The zero-order valence-corrected chi connectivity index (χ0v) is 33.4. The van der Waals surface area contributed by atoms with Crippen LogP contribution in [0.1, 0.15) is 82.1 Å². The lowest BCUT2D eigenvalue weighted by Crippen LogP contribution is -2.58. The zero-order chi connectivity index (χ0) is 40.4. The summed E-state index contributed by atoms with van der Waals surface area (Å²) in [5, 5.41) is 12.7. The highest BCUT2D eigenvalue weighted by Gasteiger charge is 2.42. The summed E-state index contributed by atoms with van der Waals surface area (Å²) in [6, 6.07) is 23.5. The van der Waals surface area contributed by atoms with Crippen LogP contribution in [-0.4, -0.2) is 97.7 Å². The maximum Gasteiger partial charge on any atom is 0.255 e. The van der Waals surface area contributed by atoms with Crippen LogP contribution in [0.5, 0.6) is 17.2 Å². The number of anilines is 2. The van der Waals surface area contributed by atoms with Crippen molar-refractivity contribution in [3.8, 4) is 17.2 Å². The minimum absolute atomic E-state index is 0.116. The van der Waals surface area contributed by atoms with Gasteiger partial charge < -0.3 is 29.3 Å². The van der Waals surface area contributed by atoms with E-state index in [9.17, 15) is 19.5 Å². The highest BCUT2D eigenvalue weighted by molar-refractivity contribution is 6.06. The molecule has 4 aromatic rings. The maximum absolute atomic E-state index is 16.7. The first-order chi connectivity index (χ1) is 28.7. The number of imide groups is 1. The van der Waals surface area contributed by atoms with E-state index < -0.39 is 11.9 Å². The number of hydrogen-bond acceptors (Lipinski definition) is 9. The van der Waals surface area contributed by atoms with Gasteiger partial charge in [0.05, 0.1) is 24.5 Å². The third kappa shape index (κ3) is 6.75. The Hall–Kier alpha value is -5.62. The maximum atomic E-state index is 16.7. The molecule has 3 saturated heterocycles. The Morgan fingerprint density at radius 3 is 2.46 bits per heavy atom. The lowest BCUT2D eigenvalue weighted by atomic mass is 9.69. The molecule has 6 aliphatic rings. The van der Waals surface area contributed by atoms with Crippen molar-refractivity contribution in [3.05, 3.63) is 112 Å². The van der Waals surface area contributed by atoms with Gasteiger partial charge in [0.2, 0.25) is 11.8 Å². The van der Waals surface area contributed by atoms with Gasteiger partial charge in [-0.3, -0.25) is 24.6 Å². The molecule has 0 spiro atoms. The van der Waals surface area contributed by atoms with Crippen LogP contribution in [0, 0.1) is 11.7 Å². The fourth-order valence-electron chi connectivity index (χ4n) is 10.9. The monoisotopic (exact) mass is 799 g/mol. The predicted octanol–water partition coefficient (Wildman–Crippen LogP) is 5.96. The molecule has 1 aliphatic carbocycles. The molecule has 0 saturated carbocycles. The number of ether oxygens (including phenoxy) is 2. The van der Waals surface area contributed by atoms with Crippen LogP contribution in [0.25, 0.3) is 0 Å². The molecule has 4 atom stereocenters. The van der Waals surface area contributed by atoms with E-state index in [4.69, 9.17) is 9.47 Å². The molecule has 4 aromatic carbocycles. The second-order valence-electron chi connectivity index (χ2n) is 17.2. The molecule has 306 valence electrons. The van der Waals surface area contributed by atoms with E-state index in [-0.39, 0.29) is 47.7 Å². The molecule has 5 aliphatic heterocycles. The Bertz CT molecular complexity index is 2310. The van der Waals surface area contributed by atoms with Gasteiger partial charge in [-0.05, 0) is 96.5 Å². The number of hydrogen-bond donors (Lipinski definition) is 2. The van der Waals surface area contributed by atoms with Crippen molar-refractivity contribution < 1.29 is 33.4 Å². The van der Waals surface area contributed by atoms with E-state index in [1.807, 2.05) is 30.3 Å². The van der Waals surface area contributed by atoms with Gasteiger partial charge in [-0.25, -0.2) is 4.39 Å². The van der Waals surface area contributed by atoms with Gasteiger partial charge in [0, 0.05) is 69.3 Å². The largest absolute Gasteiger partial charge is 0.508 e. The predicted molar refractivity (Wildman–Crippen MR) is 221 cm³/mol. The van der Waals surface area contributed by atoms with Crippen molar-refractivity contribution in [2.75, 3.05) is 62.8 Å². The molecule has 59 heavy (non-hydrogen) atoms. The third-order valence-corrected chi connectivity index (χ3v) is 13.8. The Morgan fingerprint density at radius 1 is 0.847 bits per heavy atom. The van der Waals surface area contributed by atoms with Gasteiger partial charge in [0.15, 0.2) is 11.6 Å². The van der Waals surface area contributed by atoms with Crippen LogP contribution < -0.4 is 24.6 Å². The average Bonchev–Trinajstić information content (AvgIpc) is 3.57. The van der Waals surface area contributed by atoms with Gasteiger partial charge in [-0.15, -0.1) is 0 Å². The van der Waals surface area contributed by atoms with Crippen LogP contribution in [0.4, 0.5) is 15.8 Å². The number of benzene rings is 4. The summed E-state index contributed by atoms with van der Waals surface area (Å²) >= 11 is 0. The van der Waals surface area contributed by atoms with Gasteiger partial charge in [-0.2, -0.15) is 0 Å². The van der Waals surface area contributed by atoms with Crippen LogP contribution in [0.2, 0.25) is 0 Å². The van der Waals surface area contributed by atoms with E-state index in [0.717, 1.165) is 92.9 Å². The number of piperazine rings is 1. The number of carbonyl (C=O) groups is 3. The molecule has 3 fully saturated rings. The molecule has 0 bridgehead atoms. The number of fused-ring (bicyclic) bond motifs is 5. The minimum Gasteiger partial charge on any atom is -0.508 e. The van der Waals surface area contributed by atoms with Gasteiger partial charge in [0.25, 0.3) is 5.91 Å². The molecule has 5 heterocycles. The SMILES string of the molecule is COc1c([C@@H]2c3ccc(O)cc3CC[C@@H]2c2ccccc2)ccc(N2CCC(CN3CCN4c5cc6c(cc5OC[C@@H]4C3)C(=O)N([C@H]3CCC(=O)NC3=O)C6)CC2)c1F. The number of methoxy groups -OCH3 is 1. The number of aryl methyl sites for hydroxylation is 1. The zero-order valence-electron chi connectivity index (χ0n) is 33.4. The van der Waals surface area contributed by atoms with E-state index >= 15 is 4.39 Å². The number of carbonyl (C=O) groups excluding carboxylic acids is 3. The number of rotatable bonds is 7. The van der Waals surface area contributed by atoms with Crippen LogP contribution in [0.3, 0.4) is 0 Å². The first-order valence-electron chi connectivity index (χ1n) is 21.2. The first-order valence-corrected chi connectivity index (χ1v) is 21.2. The van der Waals surface area contributed by atoms with E-state index in [1.54, 1.807) is 18.1 Å². The highest BCUT2D eigenvalue weighted by Crippen LogP contribution is 2.51. The number of piperidine rings is 2. The lowest BCUT2D eigenvalue weighted by Gasteiger charge is -2.47. The minimum atomic E-state index is -0.646. The third-order valence-electron chi connectivity index (χ3n) is 13.8. The Kier molecular flexibility index (Phi) is 9.70. The molecule has 0 aromatic heterocycles. The number of nitrogens with zero attached hydrogens (tertiary/aromatic N) is 4. The number of amides is 3. The smallest absolute Gasteiger partial charge is 0.255 e. The van der Waals surface area contributed by atoms with Crippen molar-refractivity contribution in [2.45, 2.75) is 69.0 Å². The molecular weight excluding hydrogens is 750 g/mol. The lowest BCUT2D eigenvalue weighted by molar-refractivity contribution is -0.136. The summed E-state index contributed by atoms with van der Waals surface area (Å²) < 4.78 is 28.9. The summed E-state index contributed by atoms with van der Waals surface area (Å²) in [4.78, 5) is 46.4. The fourth-order valence-corrected chi connectivity index (χ4v) is 10.9. The van der Waals surface area contributed by atoms with Crippen LogP contribution in [-0.2, 0) is 22.6 Å². The summed E-state index contributed by atoms with van der Waals surface area (Å²) in [6.07, 6.45) is 4.22. The number of aromatic hydroxyl groups is 1. The molecule has 2 N–H and O–H groups in total. The highest BCUT2D eigenvalue weighted by atomic mass is 19.1. The molecule has 0 radical (unpaired) electrons. The van der Waals surface area contributed by atoms with Crippen molar-refractivity contribution in [2.24, 2.45) is 5.92 Å². The fraction of sp³-hybridized carbons (Fsp3) is 0.426. The summed E-state index contributed by atoms with van der Waals surface area (Å²) in [5.74, 6) is 0.567. The molecule has 11 nitrogen and oxygen atoms in total. The normalized spacial score (nSPS) is 24.5. The van der Waals surface area contributed by atoms with Crippen molar-refractivity contribution >= 4 is 29.1 Å². The molecule has 3 amide bonds. The summed E-state index contributed by atoms with van der Waals surface area (Å²) in [6.45, 7) is 6.02. The number of nitrogens with one attached hydrogen (secondary N) is 1. The molecule has 12 heteroatoms.